The van der Waals surface area contributed by atoms with Gasteiger partial charge in [-0.05, 0) is 40.9 Å². The molecule has 3 rings (SSSR count). The van der Waals surface area contributed by atoms with E-state index in [1.165, 1.54) is 0 Å². The third-order valence-electron chi connectivity index (χ3n) is 5.32. The van der Waals surface area contributed by atoms with Crippen molar-refractivity contribution >= 4 is 0 Å². The first-order valence-corrected chi connectivity index (χ1v) is 5.07. The molecule has 62 valence electrons. The average molecular weight is 150 g/mol. The van der Waals surface area contributed by atoms with Gasteiger partial charge >= 0.3 is 0 Å². The highest BCUT2D eigenvalue weighted by molar-refractivity contribution is 5.44. The van der Waals surface area contributed by atoms with Crippen molar-refractivity contribution in [1.29, 1.82) is 0 Å². The van der Waals surface area contributed by atoms with Crippen LogP contribution in [0.1, 0.15) is 34.1 Å². The Labute approximate surface area is 69.4 Å². The molecule has 0 nitrogen and oxygen atoms in total. The Hall–Kier alpha value is 0. The van der Waals surface area contributed by atoms with Gasteiger partial charge < -0.3 is 0 Å². The molecule has 0 saturated heterocycles. The van der Waals surface area contributed by atoms with Crippen LogP contribution in [0.3, 0.4) is 0 Å². The third kappa shape index (κ3) is 0.400. The minimum atomic E-state index is 0.835. The zero-order valence-electron chi connectivity index (χ0n) is 8.02. The molecule has 0 aromatic heterocycles. The molecule has 3 fully saturated rings. The fourth-order valence-electron chi connectivity index (χ4n) is 4.40. The van der Waals surface area contributed by atoms with Gasteiger partial charge in [-0.25, -0.2) is 0 Å². The first-order chi connectivity index (χ1) is 5.07. The van der Waals surface area contributed by atoms with E-state index >= 15 is 0 Å². The number of fused-ring (bicyclic) bond motifs is 3. The molecule has 0 bridgehead atoms. The van der Waals surface area contributed by atoms with E-state index in [9.17, 15) is 0 Å². The predicted molar refractivity (Wildman–Crippen MR) is 46.1 cm³/mol. The van der Waals surface area contributed by atoms with Crippen LogP contribution in [0.15, 0.2) is 0 Å². The fraction of sp³-hybridized carbons (Fsp3) is 1.00. The van der Waals surface area contributed by atoms with Gasteiger partial charge in [0.05, 0.1) is 0 Å². The molecule has 0 N–H and O–H groups in total. The molecule has 0 amide bonds. The second-order valence-electron chi connectivity index (χ2n) is 5.64. The Morgan fingerprint density at radius 1 is 1.36 bits per heavy atom. The van der Waals surface area contributed by atoms with Crippen LogP contribution in [0.4, 0.5) is 0 Å². The van der Waals surface area contributed by atoms with E-state index in [0.717, 1.165) is 34.5 Å². The molecule has 3 aliphatic rings. The Kier molecular flexibility index (Phi) is 0.767. The third-order valence-corrected chi connectivity index (χ3v) is 5.32. The van der Waals surface area contributed by atoms with Crippen molar-refractivity contribution in [3.8, 4) is 0 Å². The molecule has 5 atom stereocenters. The van der Waals surface area contributed by atoms with E-state index < -0.39 is 0 Å². The quantitative estimate of drug-likeness (QED) is 0.539. The number of hydrogen-bond acceptors (Lipinski definition) is 0. The van der Waals surface area contributed by atoms with Crippen LogP contribution in [0.25, 0.3) is 0 Å². The largest absolute Gasteiger partial charge is 0.0625 e. The molecule has 3 aliphatic carbocycles. The van der Waals surface area contributed by atoms with Crippen molar-refractivity contribution < 1.29 is 0 Å². The smallest absolute Gasteiger partial charge is 0.0168 e. The lowest BCUT2D eigenvalue weighted by atomic mass is 9.91. The molecule has 0 aromatic carbocycles. The number of hydrogen-bond donors (Lipinski definition) is 0. The maximum absolute atomic E-state index is 2.52. The summed E-state index contributed by atoms with van der Waals surface area (Å²) in [4.78, 5) is 0. The maximum Gasteiger partial charge on any atom is -0.0168 e. The summed E-state index contributed by atoms with van der Waals surface area (Å²) in [5.74, 6) is 4.29. The van der Waals surface area contributed by atoms with Crippen LogP contribution in [-0.4, -0.2) is 0 Å². The summed E-state index contributed by atoms with van der Waals surface area (Å²) in [7, 11) is 0. The highest BCUT2D eigenvalue weighted by atomic mass is 15.0. The molecule has 0 aliphatic heterocycles. The zero-order valence-corrected chi connectivity index (χ0v) is 8.02. The lowest BCUT2D eigenvalue weighted by molar-refractivity contribution is 0.337. The van der Waals surface area contributed by atoms with Gasteiger partial charge in [-0.15, -0.1) is 0 Å². The second-order valence-corrected chi connectivity index (χ2v) is 5.64. The van der Waals surface area contributed by atoms with Crippen LogP contribution in [0, 0.1) is 34.5 Å². The lowest BCUT2D eigenvalue weighted by Crippen LogP contribution is -2.09. The minimum Gasteiger partial charge on any atom is -0.0625 e. The molecule has 3 saturated carbocycles. The van der Waals surface area contributed by atoms with Crippen molar-refractivity contribution in [1.82, 2.24) is 0 Å². The molecule has 0 heterocycles. The van der Waals surface area contributed by atoms with Gasteiger partial charge in [0.15, 0.2) is 0 Å². The Morgan fingerprint density at radius 3 is 2.18 bits per heavy atom. The second kappa shape index (κ2) is 1.30. The molecule has 1 spiro atoms. The Morgan fingerprint density at radius 2 is 1.91 bits per heavy atom. The summed E-state index contributed by atoms with van der Waals surface area (Å²) in [6, 6.07) is 0. The highest BCUT2D eigenvalue weighted by Gasteiger charge is 2.97. The van der Waals surface area contributed by atoms with E-state index in [0.29, 0.717) is 0 Å². The topological polar surface area (TPSA) is 0 Å². The summed E-state index contributed by atoms with van der Waals surface area (Å²) in [5.41, 5.74) is 1.74. The first-order valence-electron chi connectivity index (χ1n) is 5.07. The van der Waals surface area contributed by atoms with Gasteiger partial charge in [-0.3, -0.25) is 0 Å². The van der Waals surface area contributed by atoms with Gasteiger partial charge in [0.25, 0.3) is 0 Å². The highest BCUT2D eigenvalue weighted by Crippen LogP contribution is 3.02. The Balaban J connectivity index is 1.79. The van der Waals surface area contributed by atoms with Crippen LogP contribution in [0.2, 0.25) is 0 Å². The van der Waals surface area contributed by atoms with Gasteiger partial charge in [0, 0.05) is 0 Å². The standard InChI is InChI=1S/C11H18/c1-6(2)8-5-11(8)9-7(3)10(9,11)4/h6-9H,5H2,1-4H3. The van der Waals surface area contributed by atoms with Crippen molar-refractivity contribution in [3.05, 3.63) is 0 Å². The first kappa shape index (κ1) is 6.51. The van der Waals surface area contributed by atoms with Gasteiger partial charge in [-0.1, -0.05) is 27.7 Å². The van der Waals surface area contributed by atoms with E-state index in [4.69, 9.17) is 0 Å². The maximum atomic E-state index is 2.52. The van der Waals surface area contributed by atoms with E-state index in [1.54, 1.807) is 6.42 Å². The summed E-state index contributed by atoms with van der Waals surface area (Å²) in [6.45, 7) is 9.74. The van der Waals surface area contributed by atoms with Crippen molar-refractivity contribution in [2.45, 2.75) is 34.1 Å². The van der Waals surface area contributed by atoms with Crippen molar-refractivity contribution in [2.75, 3.05) is 0 Å². The summed E-state index contributed by atoms with van der Waals surface area (Å²) < 4.78 is 0. The van der Waals surface area contributed by atoms with Crippen LogP contribution in [-0.2, 0) is 0 Å². The summed E-state index contributed by atoms with van der Waals surface area (Å²) >= 11 is 0. The van der Waals surface area contributed by atoms with Crippen LogP contribution >= 0.6 is 0 Å². The molecule has 5 unspecified atom stereocenters. The molecule has 0 heteroatoms. The summed E-state index contributed by atoms with van der Waals surface area (Å²) in [5, 5.41) is 0. The number of rotatable bonds is 1. The monoisotopic (exact) mass is 150 g/mol. The molecule has 0 radical (unpaired) electrons. The minimum absolute atomic E-state index is 0.835. The SMILES string of the molecule is CC(C)C1CC12C1C(C)C12C. The fourth-order valence-corrected chi connectivity index (χ4v) is 4.40. The van der Waals surface area contributed by atoms with E-state index in [1.807, 2.05) is 0 Å². The molecular weight excluding hydrogens is 132 g/mol. The van der Waals surface area contributed by atoms with Gasteiger partial charge in [0.2, 0.25) is 0 Å². The van der Waals surface area contributed by atoms with Crippen molar-refractivity contribution in [2.24, 2.45) is 34.5 Å². The summed E-state index contributed by atoms with van der Waals surface area (Å²) in [6.07, 6.45) is 1.57. The van der Waals surface area contributed by atoms with Crippen molar-refractivity contribution in [3.63, 3.8) is 0 Å². The lowest BCUT2D eigenvalue weighted by Gasteiger charge is -2.13. The normalized spacial score (nSPS) is 70.1. The zero-order chi connectivity index (χ0) is 8.02. The van der Waals surface area contributed by atoms with Crippen LogP contribution < -0.4 is 0 Å². The van der Waals surface area contributed by atoms with Gasteiger partial charge in [0.1, 0.15) is 0 Å². The van der Waals surface area contributed by atoms with Crippen LogP contribution in [0.5, 0.6) is 0 Å². The molecule has 0 aromatic rings. The predicted octanol–water partition coefficient (Wildman–Crippen LogP) is 2.93. The van der Waals surface area contributed by atoms with Gasteiger partial charge in [-0.2, -0.15) is 0 Å². The molecular formula is C11H18. The Bertz CT molecular complexity index is 230. The van der Waals surface area contributed by atoms with E-state index in [2.05, 4.69) is 27.7 Å². The van der Waals surface area contributed by atoms with E-state index in [-0.39, 0.29) is 0 Å². The molecule has 11 heavy (non-hydrogen) atoms. The average Bonchev–Trinajstić information content (AvgIpc) is 2.78.